The first-order valence-electron chi connectivity index (χ1n) is 7.51. The Morgan fingerprint density at radius 1 is 1.38 bits per heavy atom. The molecule has 0 fully saturated rings. The Labute approximate surface area is 147 Å². The van der Waals surface area contributed by atoms with Gasteiger partial charge in [0.15, 0.2) is 4.96 Å². The molecule has 0 aliphatic heterocycles. The number of nitrogens with zero attached hydrogens (tertiary/aromatic N) is 2. The lowest BCUT2D eigenvalue weighted by Gasteiger charge is -2.14. The zero-order chi connectivity index (χ0) is 16.9. The number of hydrogen-bond acceptors (Lipinski definition) is 5. The molecular formula is C17H17N3O2S2. The van der Waals surface area contributed by atoms with Gasteiger partial charge in [0.25, 0.3) is 5.56 Å². The summed E-state index contributed by atoms with van der Waals surface area (Å²) in [4.78, 5) is 29.1. The average molecular weight is 359 g/mol. The monoisotopic (exact) mass is 359 g/mol. The fourth-order valence-electron chi connectivity index (χ4n) is 2.32. The third kappa shape index (κ3) is 4.04. The number of hydrogen-bond donors (Lipinski definition) is 1. The van der Waals surface area contributed by atoms with Crippen LogP contribution in [0.25, 0.3) is 4.96 Å². The molecule has 7 heteroatoms. The fourth-order valence-corrected chi connectivity index (χ4v) is 3.78. The van der Waals surface area contributed by atoms with E-state index in [0.717, 1.165) is 5.56 Å². The molecule has 0 aliphatic rings. The summed E-state index contributed by atoms with van der Waals surface area (Å²) in [6.45, 7) is 1.96. The fraction of sp³-hybridized carbons (Fsp3) is 0.235. The summed E-state index contributed by atoms with van der Waals surface area (Å²) < 4.78 is 1.52. The molecule has 1 amide bonds. The van der Waals surface area contributed by atoms with Crippen LogP contribution in [-0.4, -0.2) is 21.0 Å². The van der Waals surface area contributed by atoms with Crippen LogP contribution in [0.15, 0.2) is 52.8 Å². The maximum atomic E-state index is 12.0. The van der Waals surface area contributed by atoms with Gasteiger partial charge in [-0.05, 0) is 12.5 Å². The van der Waals surface area contributed by atoms with Crippen molar-refractivity contribution in [2.24, 2.45) is 0 Å². The highest BCUT2D eigenvalue weighted by Crippen LogP contribution is 2.14. The quantitative estimate of drug-likeness (QED) is 0.735. The Balaban J connectivity index is 1.52. The van der Waals surface area contributed by atoms with Gasteiger partial charge >= 0.3 is 0 Å². The van der Waals surface area contributed by atoms with Crippen LogP contribution in [0.5, 0.6) is 0 Å². The number of benzene rings is 1. The minimum atomic E-state index is -0.0843. The van der Waals surface area contributed by atoms with Crippen molar-refractivity contribution in [3.63, 3.8) is 0 Å². The zero-order valence-corrected chi connectivity index (χ0v) is 14.8. The van der Waals surface area contributed by atoms with E-state index in [1.807, 2.05) is 42.6 Å². The molecule has 0 radical (unpaired) electrons. The zero-order valence-electron chi connectivity index (χ0n) is 13.1. The van der Waals surface area contributed by atoms with E-state index >= 15 is 0 Å². The summed E-state index contributed by atoms with van der Waals surface area (Å²) in [5, 5.41) is 4.81. The molecule has 1 unspecified atom stereocenters. The Bertz CT molecular complexity index is 889. The first kappa shape index (κ1) is 16.7. The normalized spacial score (nSPS) is 12.2. The van der Waals surface area contributed by atoms with E-state index < -0.39 is 0 Å². The summed E-state index contributed by atoms with van der Waals surface area (Å²) in [6.07, 6.45) is 1.71. The Morgan fingerprint density at radius 3 is 2.96 bits per heavy atom. The van der Waals surface area contributed by atoms with Gasteiger partial charge in [0.1, 0.15) is 0 Å². The van der Waals surface area contributed by atoms with Gasteiger partial charge in [0, 0.05) is 23.4 Å². The predicted molar refractivity (Wildman–Crippen MR) is 98.5 cm³/mol. The number of aromatic nitrogens is 2. The summed E-state index contributed by atoms with van der Waals surface area (Å²) in [5.41, 5.74) is 1.70. The van der Waals surface area contributed by atoms with Crippen LogP contribution in [-0.2, 0) is 10.5 Å². The average Bonchev–Trinajstić information content (AvgIpc) is 3.05. The number of fused-ring (bicyclic) bond motifs is 1. The number of nitrogens with one attached hydrogen (secondary N) is 1. The molecule has 2 heterocycles. The molecule has 1 atom stereocenters. The lowest BCUT2D eigenvalue weighted by atomic mass is 10.1. The first-order chi connectivity index (χ1) is 11.6. The van der Waals surface area contributed by atoms with Crippen LogP contribution < -0.4 is 10.9 Å². The molecule has 1 N–H and O–H groups in total. The predicted octanol–water partition coefficient (Wildman–Crippen LogP) is 2.87. The number of carbonyl (C=O) groups excluding carboxylic acids is 1. The molecule has 24 heavy (non-hydrogen) atoms. The second-order valence-electron chi connectivity index (χ2n) is 5.33. The van der Waals surface area contributed by atoms with Crippen molar-refractivity contribution in [1.29, 1.82) is 0 Å². The third-order valence-corrected chi connectivity index (χ3v) is 5.24. The minimum Gasteiger partial charge on any atom is -0.349 e. The second kappa shape index (κ2) is 7.63. The third-order valence-electron chi connectivity index (χ3n) is 3.52. The van der Waals surface area contributed by atoms with E-state index in [4.69, 9.17) is 0 Å². The first-order valence-corrected chi connectivity index (χ1v) is 9.55. The van der Waals surface area contributed by atoms with Crippen molar-refractivity contribution in [3.8, 4) is 0 Å². The van der Waals surface area contributed by atoms with Crippen LogP contribution in [0.2, 0.25) is 0 Å². The standard InChI is InChI=1S/C17H17N3O2S2/c1-12(13-5-3-2-4-6-13)18-15(21)11-23-10-14-9-16(22)20-7-8-24-17(20)19-14/h2-9,12H,10-11H2,1H3,(H,18,21). The maximum Gasteiger partial charge on any atom is 0.258 e. The van der Waals surface area contributed by atoms with Gasteiger partial charge < -0.3 is 5.32 Å². The van der Waals surface area contributed by atoms with Crippen molar-refractivity contribution in [2.45, 2.75) is 18.7 Å². The van der Waals surface area contributed by atoms with Gasteiger partial charge in [0.2, 0.25) is 5.91 Å². The summed E-state index contributed by atoms with van der Waals surface area (Å²) in [6, 6.07) is 11.3. The van der Waals surface area contributed by atoms with Gasteiger partial charge in [-0.3, -0.25) is 14.0 Å². The number of thioether (sulfide) groups is 1. The van der Waals surface area contributed by atoms with Crippen LogP contribution in [0.3, 0.4) is 0 Å². The molecule has 1 aromatic carbocycles. The summed E-state index contributed by atoms with van der Waals surface area (Å²) in [7, 11) is 0. The molecule has 2 aromatic heterocycles. The Kier molecular flexibility index (Phi) is 5.32. The highest BCUT2D eigenvalue weighted by molar-refractivity contribution is 7.99. The molecule has 124 valence electrons. The number of carbonyl (C=O) groups is 1. The van der Waals surface area contributed by atoms with Crippen molar-refractivity contribution in [1.82, 2.24) is 14.7 Å². The van der Waals surface area contributed by atoms with Gasteiger partial charge in [-0.15, -0.1) is 23.1 Å². The van der Waals surface area contributed by atoms with E-state index in [9.17, 15) is 9.59 Å². The van der Waals surface area contributed by atoms with E-state index in [0.29, 0.717) is 22.2 Å². The van der Waals surface area contributed by atoms with Gasteiger partial charge in [-0.1, -0.05) is 30.3 Å². The van der Waals surface area contributed by atoms with E-state index in [1.165, 1.54) is 33.6 Å². The maximum absolute atomic E-state index is 12.0. The van der Waals surface area contributed by atoms with Crippen LogP contribution >= 0.6 is 23.1 Å². The SMILES string of the molecule is CC(NC(=O)CSCc1cc(=O)n2ccsc2n1)c1ccccc1. The largest absolute Gasteiger partial charge is 0.349 e. The van der Waals surface area contributed by atoms with Crippen molar-refractivity contribution in [2.75, 3.05) is 5.75 Å². The lowest BCUT2D eigenvalue weighted by molar-refractivity contribution is -0.119. The molecule has 0 saturated heterocycles. The van der Waals surface area contributed by atoms with E-state index in [2.05, 4.69) is 10.3 Å². The van der Waals surface area contributed by atoms with Crippen LogP contribution in [0.1, 0.15) is 24.2 Å². The minimum absolute atomic E-state index is 0.0229. The van der Waals surface area contributed by atoms with Gasteiger partial charge in [-0.2, -0.15) is 0 Å². The smallest absolute Gasteiger partial charge is 0.258 e. The number of rotatable bonds is 6. The molecular weight excluding hydrogens is 342 g/mol. The van der Waals surface area contributed by atoms with Crippen LogP contribution in [0.4, 0.5) is 0 Å². The van der Waals surface area contributed by atoms with E-state index in [-0.39, 0.29) is 17.5 Å². The second-order valence-corrected chi connectivity index (χ2v) is 7.19. The topological polar surface area (TPSA) is 63.5 Å². The van der Waals surface area contributed by atoms with Gasteiger partial charge in [0.05, 0.1) is 17.5 Å². The molecule has 0 bridgehead atoms. The highest BCUT2D eigenvalue weighted by atomic mass is 32.2. The highest BCUT2D eigenvalue weighted by Gasteiger charge is 2.10. The number of amides is 1. The molecule has 0 spiro atoms. The Morgan fingerprint density at radius 2 is 2.17 bits per heavy atom. The van der Waals surface area contributed by atoms with Crippen molar-refractivity contribution < 1.29 is 4.79 Å². The number of thiazole rings is 1. The van der Waals surface area contributed by atoms with Crippen molar-refractivity contribution >= 4 is 34.0 Å². The summed E-state index contributed by atoms with van der Waals surface area (Å²) >= 11 is 2.88. The molecule has 3 rings (SSSR count). The van der Waals surface area contributed by atoms with E-state index in [1.54, 1.807) is 6.20 Å². The van der Waals surface area contributed by atoms with Crippen molar-refractivity contribution in [3.05, 3.63) is 69.6 Å². The molecule has 3 aromatic rings. The van der Waals surface area contributed by atoms with Crippen LogP contribution in [0, 0.1) is 0 Å². The van der Waals surface area contributed by atoms with Gasteiger partial charge in [-0.25, -0.2) is 4.98 Å². The lowest BCUT2D eigenvalue weighted by Crippen LogP contribution is -2.28. The molecule has 5 nitrogen and oxygen atoms in total. The molecule has 0 aliphatic carbocycles. The Hall–Kier alpha value is -2.12. The molecule has 0 saturated carbocycles. The summed E-state index contributed by atoms with van der Waals surface area (Å²) in [5.74, 6) is 0.852.